The predicted octanol–water partition coefficient (Wildman–Crippen LogP) is -0.197. The Morgan fingerprint density at radius 3 is 2.73 bits per heavy atom. The summed E-state index contributed by atoms with van der Waals surface area (Å²) in [5.74, 6) is -0.223. The average Bonchev–Trinajstić information content (AvgIpc) is 2.26. The zero-order valence-electron chi connectivity index (χ0n) is 9.44. The minimum Gasteiger partial charge on any atom is -0.369 e. The van der Waals surface area contributed by atoms with E-state index in [1.165, 1.54) is 0 Å². The largest absolute Gasteiger partial charge is 0.369 e. The highest BCUT2D eigenvalue weighted by atomic mass is 16.7. The van der Waals surface area contributed by atoms with E-state index in [4.69, 9.17) is 15.2 Å². The van der Waals surface area contributed by atoms with Crippen LogP contribution in [-0.2, 0) is 14.3 Å². The highest BCUT2D eigenvalue weighted by molar-refractivity contribution is 5.76. The van der Waals surface area contributed by atoms with E-state index in [0.717, 1.165) is 25.9 Å². The van der Waals surface area contributed by atoms with Crippen molar-refractivity contribution in [3.8, 4) is 0 Å². The van der Waals surface area contributed by atoms with Crippen molar-refractivity contribution in [3.63, 3.8) is 0 Å². The van der Waals surface area contributed by atoms with E-state index in [0.29, 0.717) is 6.54 Å². The Hall–Kier alpha value is -0.650. The monoisotopic (exact) mass is 216 g/mol. The molecule has 5 heteroatoms. The normalized spacial score (nSPS) is 23.3. The molecule has 1 fully saturated rings. The Bertz CT molecular complexity index is 207. The number of likely N-dealkylation sites (tertiary alicyclic amines) is 1. The molecule has 0 bridgehead atoms. The van der Waals surface area contributed by atoms with Crippen molar-refractivity contribution in [2.24, 2.45) is 11.7 Å². The van der Waals surface area contributed by atoms with Gasteiger partial charge >= 0.3 is 0 Å². The van der Waals surface area contributed by atoms with Gasteiger partial charge in [-0.2, -0.15) is 0 Å². The SMILES string of the molecule is COC(CN1CCCC(C(N)=O)C1)OC. The molecule has 5 nitrogen and oxygen atoms in total. The van der Waals surface area contributed by atoms with Crippen LogP contribution in [0.5, 0.6) is 0 Å². The molecule has 15 heavy (non-hydrogen) atoms. The fourth-order valence-corrected chi connectivity index (χ4v) is 1.91. The molecule has 0 aromatic carbocycles. The Labute approximate surface area is 90.5 Å². The van der Waals surface area contributed by atoms with Crippen molar-refractivity contribution in [1.29, 1.82) is 0 Å². The molecule has 0 radical (unpaired) electrons. The van der Waals surface area contributed by atoms with Crippen molar-refractivity contribution in [2.45, 2.75) is 19.1 Å². The summed E-state index contributed by atoms with van der Waals surface area (Å²) < 4.78 is 10.2. The van der Waals surface area contributed by atoms with Crippen molar-refractivity contribution >= 4 is 5.91 Å². The third kappa shape index (κ3) is 3.77. The van der Waals surface area contributed by atoms with Crippen LogP contribution in [0, 0.1) is 5.92 Å². The van der Waals surface area contributed by atoms with Gasteiger partial charge in [0.25, 0.3) is 0 Å². The predicted molar refractivity (Wildman–Crippen MR) is 56.2 cm³/mol. The van der Waals surface area contributed by atoms with E-state index in [9.17, 15) is 4.79 Å². The molecule has 1 saturated heterocycles. The van der Waals surface area contributed by atoms with E-state index in [2.05, 4.69) is 4.90 Å². The molecule has 88 valence electrons. The summed E-state index contributed by atoms with van der Waals surface area (Å²) in [5.41, 5.74) is 5.30. The first kappa shape index (κ1) is 12.4. The van der Waals surface area contributed by atoms with E-state index in [-0.39, 0.29) is 18.1 Å². The summed E-state index contributed by atoms with van der Waals surface area (Å²) >= 11 is 0. The third-order valence-electron chi connectivity index (χ3n) is 2.84. The summed E-state index contributed by atoms with van der Waals surface area (Å²) in [6, 6.07) is 0. The van der Waals surface area contributed by atoms with Gasteiger partial charge in [-0.1, -0.05) is 0 Å². The molecule has 1 aliphatic rings. The molecular weight excluding hydrogens is 196 g/mol. The van der Waals surface area contributed by atoms with Crippen molar-refractivity contribution < 1.29 is 14.3 Å². The number of hydrogen-bond acceptors (Lipinski definition) is 4. The number of carbonyl (C=O) groups excluding carboxylic acids is 1. The van der Waals surface area contributed by atoms with Crippen LogP contribution >= 0.6 is 0 Å². The zero-order valence-corrected chi connectivity index (χ0v) is 9.44. The van der Waals surface area contributed by atoms with Crippen LogP contribution < -0.4 is 5.73 Å². The van der Waals surface area contributed by atoms with Crippen LogP contribution in [0.25, 0.3) is 0 Å². The molecule has 1 aliphatic heterocycles. The molecule has 2 N–H and O–H groups in total. The molecular formula is C10H20N2O3. The van der Waals surface area contributed by atoms with Gasteiger partial charge in [0.2, 0.25) is 5.91 Å². The molecule has 0 saturated carbocycles. The fraction of sp³-hybridized carbons (Fsp3) is 0.900. The number of piperidine rings is 1. The van der Waals surface area contributed by atoms with Gasteiger partial charge in [-0.25, -0.2) is 0 Å². The third-order valence-corrected chi connectivity index (χ3v) is 2.84. The maximum Gasteiger partial charge on any atom is 0.221 e. The quantitative estimate of drug-likeness (QED) is 0.647. The number of primary amides is 1. The summed E-state index contributed by atoms with van der Waals surface area (Å²) in [5, 5.41) is 0. The Morgan fingerprint density at radius 1 is 1.53 bits per heavy atom. The highest BCUT2D eigenvalue weighted by Crippen LogP contribution is 2.16. The van der Waals surface area contributed by atoms with Crippen LogP contribution in [0.3, 0.4) is 0 Å². The summed E-state index contributed by atoms with van der Waals surface area (Å²) in [6.45, 7) is 2.39. The van der Waals surface area contributed by atoms with Gasteiger partial charge in [0, 0.05) is 27.3 Å². The second kappa shape index (κ2) is 6.05. The lowest BCUT2D eigenvalue weighted by atomic mass is 9.97. The van der Waals surface area contributed by atoms with E-state index < -0.39 is 0 Å². The molecule has 1 unspecified atom stereocenters. The van der Waals surface area contributed by atoms with Gasteiger partial charge in [-0.15, -0.1) is 0 Å². The van der Waals surface area contributed by atoms with Gasteiger partial charge < -0.3 is 15.2 Å². The lowest BCUT2D eigenvalue weighted by Crippen LogP contribution is -2.44. The Balaban J connectivity index is 2.38. The maximum atomic E-state index is 11.1. The number of amides is 1. The molecule has 0 aromatic heterocycles. The highest BCUT2D eigenvalue weighted by Gasteiger charge is 2.25. The maximum absolute atomic E-state index is 11.1. The van der Waals surface area contributed by atoms with Crippen LogP contribution in [0.4, 0.5) is 0 Å². The first-order valence-electron chi connectivity index (χ1n) is 5.24. The number of nitrogens with zero attached hydrogens (tertiary/aromatic N) is 1. The lowest BCUT2D eigenvalue weighted by molar-refractivity contribution is -0.129. The Morgan fingerprint density at radius 2 is 2.20 bits per heavy atom. The standard InChI is InChI=1S/C10H20N2O3/c1-14-9(15-2)7-12-5-3-4-8(6-12)10(11)13/h8-9H,3-7H2,1-2H3,(H2,11,13). The van der Waals surface area contributed by atoms with Crippen molar-refractivity contribution in [3.05, 3.63) is 0 Å². The molecule has 1 heterocycles. The molecule has 1 rings (SSSR count). The first-order valence-corrected chi connectivity index (χ1v) is 5.24. The summed E-state index contributed by atoms with van der Waals surface area (Å²) in [6.07, 6.45) is 1.68. The van der Waals surface area contributed by atoms with Gasteiger partial charge in [0.1, 0.15) is 0 Å². The summed E-state index contributed by atoms with van der Waals surface area (Å²) in [4.78, 5) is 13.2. The summed E-state index contributed by atoms with van der Waals surface area (Å²) in [7, 11) is 3.23. The Kier molecular flexibility index (Phi) is 5.01. The molecule has 0 aliphatic carbocycles. The van der Waals surface area contributed by atoms with Crippen molar-refractivity contribution in [2.75, 3.05) is 33.9 Å². The number of ether oxygens (including phenoxy) is 2. The number of hydrogen-bond donors (Lipinski definition) is 1. The van der Waals surface area contributed by atoms with Gasteiger partial charge in [-0.3, -0.25) is 9.69 Å². The topological polar surface area (TPSA) is 64.8 Å². The van der Waals surface area contributed by atoms with E-state index in [1.807, 2.05) is 0 Å². The second-order valence-electron chi connectivity index (χ2n) is 3.90. The smallest absolute Gasteiger partial charge is 0.221 e. The van der Waals surface area contributed by atoms with E-state index in [1.54, 1.807) is 14.2 Å². The first-order chi connectivity index (χ1) is 7.17. The molecule has 1 atom stereocenters. The van der Waals surface area contributed by atoms with Gasteiger partial charge in [0.15, 0.2) is 6.29 Å². The number of nitrogens with two attached hydrogens (primary N) is 1. The minimum absolute atomic E-state index is 0.0203. The van der Waals surface area contributed by atoms with Gasteiger partial charge in [-0.05, 0) is 19.4 Å². The number of rotatable bonds is 5. The average molecular weight is 216 g/mol. The molecule has 0 aromatic rings. The van der Waals surface area contributed by atoms with Gasteiger partial charge in [0.05, 0.1) is 5.92 Å². The molecule has 1 amide bonds. The molecule has 0 spiro atoms. The van der Waals surface area contributed by atoms with Crippen molar-refractivity contribution in [1.82, 2.24) is 4.90 Å². The van der Waals surface area contributed by atoms with Crippen LogP contribution in [0.2, 0.25) is 0 Å². The lowest BCUT2D eigenvalue weighted by Gasteiger charge is -2.32. The van der Waals surface area contributed by atoms with Crippen LogP contribution in [-0.4, -0.2) is 51.0 Å². The number of methoxy groups -OCH3 is 2. The number of carbonyl (C=O) groups is 1. The van der Waals surface area contributed by atoms with Crippen LogP contribution in [0.15, 0.2) is 0 Å². The minimum atomic E-state index is -0.225. The van der Waals surface area contributed by atoms with E-state index >= 15 is 0 Å². The fourth-order valence-electron chi connectivity index (χ4n) is 1.91. The second-order valence-corrected chi connectivity index (χ2v) is 3.90. The zero-order chi connectivity index (χ0) is 11.3. The van der Waals surface area contributed by atoms with Crippen LogP contribution in [0.1, 0.15) is 12.8 Å².